The van der Waals surface area contributed by atoms with Crippen LogP contribution in [0.25, 0.3) is 0 Å². The fourth-order valence-electron chi connectivity index (χ4n) is 2.56. The van der Waals surface area contributed by atoms with Crippen molar-refractivity contribution in [2.24, 2.45) is 0 Å². The number of fused-ring (bicyclic) bond motifs is 6. The van der Waals surface area contributed by atoms with Crippen LogP contribution in [0, 0.1) is 0 Å². The Kier molecular flexibility index (Phi) is 6.37. The molecule has 0 radical (unpaired) electrons. The standard InChI is InChI=1S/C14H25NO5Si/c1-3-5-6-13-11-15-7-9-18-21(20-13,19-10-8-15)12-17-14(16)4-2/h4,13H,2-3,5-12H2,1H3. The molecule has 0 aromatic rings. The number of ether oxygens (including phenoxy) is 1. The Labute approximate surface area is 127 Å². The number of esters is 1. The second-order valence-corrected chi connectivity index (χ2v) is 7.84. The molecule has 21 heavy (non-hydrogen) atoms. The summed E-state index contributed by atoms with van der Waals surface area (Å²) in [4.78, 5) is 13.6. The third kappa shape index (κ3) is 4.89. The Bertz CT molecular complexity index is 355. The Hall–Kier alpha value is -0.733. The molecule has 2 bridgehead atoms. The number of unbranched alkanes of at least 4 members (excludes halogenated alkanes) is 1. The molecule has 0 aromatic carbocycles. The topological polar surface area (TPSA) is 57.2 Å². The maximum Gasteiger partial charge on any atom is 0.541 e. The summed E-state index contributed by atoms with van der Waals surface area (Å²) in [6.07, 6.45) is 4.51. The monoisotopic (exact) mass is 315 g/mol. The van der Waals surface area contributed by atoms with Gasteiger partial charge in [0, 0.05) is 25.7 Å². The number of nitrogens with zero attached hydrogens (tertiary/aromatic N) is 1. The lowest BCUT2D eigenvalue weighted by Gasteiger charge is -2.41. The molecule has 1 unspecified atom stereocenters. The Morgan fingerprint density at radius 1 is 1.43 bits per heavy atom. The third-order valence-corrected chi connectivity index (χ3v) is 6.18. The van der Waals surface area contributed by atoms with E-state index in [9.17, 15) is 4.79 Å². The summed E-state index contributed by atoms with van der Waals surface area (Å²) in [5, 5.41) is 0. The van der Waals surface area contributed by atoms with Crippen molar-refractivity contribution in [3.05, 3.63) is 12.7 Å². The number of rotatable bonds is 6. The van der Waals surface area contributed by atoms with Gasteiger partial charge in [0.2, 0.25) is 0 Å². The van der Waals surface area contributed by atoms with Gasteiger partial charge in [-0.2, -0.15) is 0 Å². The molecule has 3 aliphatic rings. The summed E-state index contributed by atoms with van der Waals surface area (Å²) in [6.45, 7) is 9.32. The lowest BCUT2D eigenvalue weighted by Crippen LogP contribution is -2.60. The van der Waals surface area contributed by atoms with E-state index in [1.807, 2.05) is 0 Å². The maximum atomic E-state index is 11.3. The molecule has 0 aromatic heterocycles. The molecular weight excluding hydrogens is 290 g/mol. The molecule has 120 valence electrons. The molecule has 7 heteroatoms. The van der Waals surface area contributed by atoms with Crippen molar-refractivity contribution in [2.45, 2.75) is 32.3 Å². The van der Waals surface area contributed by atoms with Gasteiger partial charge in [0.25, 0.3) is 0 Å². The SMILES string of the molecule is C=CC(=O)OC[Si]12OCCN(CCO1)CC(CCCC)O2. The first kappa shape index (κ1) is 16.6. The van der Waals surface area contributed by atoms with Gasteiger partial charge in [0.1, 0.15) is 0 Å². The van der Waals surface area contributed by atoms with E-state index in [0.717, 1.165) is 45.0 Å². The lowest BCUT2D eigenvalue weighted by atomic mass is 10.1. The summed E-state index contributed by atoms with van der Waals surface area (Å²) in [5.41, 5.74) is 0. The van der Waals surface area contributed by atoms with Crippen LogP contribution in [0.4, 0.5) is 0 Å². The highest BCUT2D eigenvalue weighted by Crippen LogP contribution is 2.22. The smallest absolute Gasteiger partial charge is 0.458 e. The molecule has 0 N–H and O–H groups in total. The van der Waals surface area contributed by atoms with Crippen LogP contribution in [-0.2, 0) is 22.8 Å². The summed E-state index contributed by atoms with van der Waals surface area (Å²) >= 11 is 0. The fourth-order valence-corrected chi connectivity index (χ4v) is 4.84. The maximum absolute atomic E-state index is 11.3. The van der Waals surface area contributed by atoms with E-state index in [2.05, 4.69) is 18.4 Å². The van der Waals surface area contributed by atoms with Crippen LogP contribution in [0.1, 0.15) is 26.2 Å². The second-order valence-electron chi connectivity index (χ2n) is 5.37. The largest absolute Gasteiger partial charge is 0.541 e. The van der Waals surface area contributed by atoms with Gasteiger partial charge in [-0.15, -0.1) is 0 Å². The van der Waals surface area contributed by atoms with E-state index in [0.29, 0.717) is 13.2 Å². The molecule has 0 spiro atoms. The molecule has 0 aliphatic carbocycles. The van der Waals surface area contributed by atoms with Gasteiger partial charge in [0.05, 0.1) is 19.3 Å². The number of hydrogen-bond donors (Lipinski definition) is 0. The fraction of sp³-hybridized carbons (Fsp3) is 0.786. The summed E-state index contributed by atoms with van der Waals surface area (Å²) < 4.78 is 23.1. The van der Waals surface area contributed by atoms with E-state index in [1.54, 1.807) is 0 Å². The molecular formula is C14H25NO5Si. The van der Waals surface area contributed by atoms with E-state index < -0.39 is 14.8 Å². The minimum absolute atomic E-state index is 0.0699. The van der Waals surface area contributed by atoms with Gasteiger partial charge in [-0.25, -0.2) is 4.79 Å². The van der Waals surface area contributed by atoms with Gasteiger partial charge in [0.15, 0.2) is 6.23 Å². The molecule has 0 amide bonds. The first-order valence-electron chi connectivity index (χ1n) is 7.65. The molecule has 0 saturated carbocycles. The average molecular weight is 315 g/mol. The zero-order chi connectivity index (χ0) is 15.1. The number of carbonyl (C=O) groups excluding carboxylic acids is 1. The van der Waals surface area contributed by atoms with E-state index in [-0.39, 0.29) is 12.3 Å². The molecule has 6 nitrogen and oxygen atoms in total. The number of carbonyl (C=O) groups is 1. The zero-order valence-electron chi connectivity index (χ0n) is 12.7. The van der Waals surface area contributed by atoms with Gasteiger partial charge >= 0.3 is 14.8 Å². The second kappa shape index (κ2) is 8.05. The van der Waals surface area contributed by atoms with Crippen LogP contribution < -0.4 is 0 Å². The van der Waals surface area contributed by atoms with Crippen LogP contribution in [0.3, 0.4) is 0 Å². The lowest BCUT2D eigenvalue weighted by molar-refractivity contribution is -0.139. The number of hydrogen-bond acceptors (Lipinski definition) is 6. The van der Waals surface area contributed by atoms with E-state index >= 15 is 0 Å². The van der Waals surface area contributed by atoms with E-state index in [1.165, 1.54) is 0 Å². The summed E-state index contributed by atoms with van der Waals surface area (Å²) in [6, 6.07) is 0. The average Bonchev–Trinajstić information content (AvgIpc) is 2.43. The van der Waals surface area contributed by atoms with Gasteiger partial charge in [-0.1, -0.05) is 26.3 Å². The van der Waals surface area contributed by atoms with Crippen molar-refractivity contribution in [2.75, 3.05) is 39.1 Å². The van der Waals surface area contributed by atoms with Crippen LogP contribution in [0.2, 0.25) is 0 Å². The minimum Gasteiger partial charge on any atom is -0.458 e. The summed E-state index contributed by atoms with van der Waals surface area (Å²) in [5.74, 6) is -0.469. The van der Waals surface area contributed by atoms with Crippen LogP contribution in [-0.4, -0.2) is 64.9 Å². The van der Waals surface area contributed by atoms with Crippen molar-refractivity contribution >= 4 is 14.8 Å². The highest BCUT2D eigenvalue weighted by atomic mass is 28.4. The highest BCUT2D eigenvalue weighted by Gasteiger charge is 2.48. The zero-order valence-corrected chi connectivity index (χ0v) is 13.7. The Morgan fingerprint density at radius 3 is 2.76 bits per heavy atom. The molecule has 1 atom stereocenters. The third-order valence-electron chi connectivity index (χ3n) is 3.70. The van der Waals surface area contributed by atoms with Gasteiger partial charge < -0.3 is 18.0 Å². The van der Waals surface area contributed by atoms with Crippen LogP contribution in [0.5, 0.6) is 0 Å². The van der Waals surface area contributed by atoms with Crippen molar-refractivity contribution in [3.63, 3.8) is 0 Å². The normalized spacial score (nSPS) is 32.8. The van der Waals surface area contributed by atoms with Gasteiger partial charge in [-0.05, 0) is 6.42 Å². The highest BCUT2D eigenvalue weighted by molar-refractivity contribution is 6.60. The molecule has 3 heterocycles. The van der Waals surface area contributed by atoms with E-state index in [4.69, 9.17) is 18.0 Å². The minimum atomic E-state index is -2.94. The molecule has 3 rings (SSSR count). The van der Waals surface area contributed by atoms with Gasteiger partial charge in [-0.3, -0.25) is 4.90 Å². The first-order chi connectivity index (χ1) is 10.2. The van der Waals surface area contributed by atoms with Crippen molar-refractivity contribution < 1.29 is 22.8 Å². The molecule has 3 saturated heterocycles. The molecule has 3 aliphatic heterocycles. The van der Waals surface area contributed by atoms with Crippen molar-refractivity contribution in [1.82, 2.24) is 4.90 Å². The molecule has 3 fully saturated rings. The summed E-state index contributed by atoms with van der Waals surface area (Å²) in [7, 11) is -2.94. The predicted octanol–water partition coefficient (Wildman–Crippen LogP) is 1.13. The first-order valence-corrected chi connectivity index (χ1v) is 9.58. The van der Waals surface area contributed by atoms with Crippen molar-refractivity contribution in [3.8, 4) is 0 Å². The van der Waals surface area contributed by atoms with Crippen molar-refractivity contribution in [1.29, 1.82) is 0 Å². The van der Waals surface area contributed by atoms with Crippen LogP contribution >= 0.6 is 0 Å². The Balaban J connectivity index is 2.05. The van der Waals surface area contributed by atoms with Crippen LogP contribution in [0.15, 0.2) is 12.7 Å². The Morgan fingerprint density at radius 2 is 2.14 bits per heavy atom. The quantitative estimate of drug-likeness (QED) is 0.416. The predicted molar refractivity (Wildman–Crippen MR) is 79.7 cm³/mol.